The number of hydrogen-bond donors (Lipinski definition) is 2. The zero-order valence-electron chi connectivity index (χ0n) is 14.7. The first-order valence-corrected chi connectivity index (χ1v) is 8.37. The molecule has 0 atom stereocenters. The maximum absolute atomic E-state index is 12.6. The summed E-state index contributed by atoms with van der Waals surface area (Å²) in [6, 6.07) is 12.4. The molecular weight excluding hydrogens is 328 g/mol. The lowest BCUT2D eigenvalue weighted by Crippen LogP contribution is -2.23. The number of fused-ring (bicyclic) bond motifs is 1. The molecule has 0 aliphatic carbocycles. The van der Waals surface area contributed by atoms with Gasteiger partial charge in [0.2, 0.25) is 0 Å². The van der Waals surface area contributed by atoms with E-state index in [4.69, 9.17) is 11.1 Å². The summed E-state index contributed by atoms with van der Waals surface area (Å²) in [7, 11) is 1.70. The number of nitrogens with one attached hydrogen (secondary N) is 1. The molecule has 2 aromatic carbocycles. The van der Waals surface area contributed by atoms with Crippen LogP contribution in [0, 0.1) is 5.41 Å². The first-order valence-electron chi connectivity index (χ1n) is 8.37. The van der Waals surface area contributed by atoms with E-state index in [0.29, 0.717) is 40.7 Å². The summed E-state index contributed by atoms with van der Waals surface area (Å²) in [4.78, 5) is 29.1. The lowest BCUT2D eigenvalue weighted by atomic mass is 10.1. The Balaban J connectivity index is 2.04. The highest BCUT2D eigenvalue weighted by molar-refractivity contribution is 5.98. The molecule has 0 fully saturated rings. The van der Waals surface area contributed by atoms with Crippen molar-refractivity contribution in [2.24, 2.45) is 12.8 Å². The van der Waals surface area contributed by atoms with Crippen LogP contribution in [0.4, 0.5) is 0 Å². The normalized spacial score (nSPS) is 10.8. The molecule has 0 saturated heterocycles. The smallest absolute Gasteiger partial charge is 0.272 e. The number of benzene rings is 2. The molecule has 3 N–H and O–H groups in total. The molecule has 0 aliphatic heterocycles. The third-order valence-electron chi connectivity index (χ3n) is 4.42. The van der Waals surface area contributed by atoms with Crippen molar-refractivity contribution in [1.29, 1.82) is 5.41 Å². The number of aromatic nitrogens is 2. The zero-order valence-corrected chi connectivity index (χ0v) is 14.7. The van der Waals surface area contributed by atoms with Crippen LogP contribution < -0.4 is 11.3 Å². The molecule has 0 spiro atoms. The van der Waals surface area contributed by atoms with Gasteiger partial charge in [0.25, 0.3) is 5.56 Å². The number of carbonyl (C=O) groups excluding carboxylic acids is 1. The highest BCUT2D eigenvalue weighted by atomic mass is 16.1. The van der Waals surface area contributed by atoms with Crippen molar-refractivity contribution < 1.29 is 4.79 Å². The number of ketones is 1. The molecule has 1 heterocycles. The largest absolute Gasteiger partial charge is 0.384 e. The monoisotopic (exact) mass is 348 g/mol. The van der Waals surface area contributed by atoms with E-state index >= 15 is 0 Å². The SMILES string of the molecule is CCC(=O)c1ccc2c(c1)nc(Cc1ccc(C(=N)N)cc1)c(=O)n2C. The molecule has 3 rings (SSSR count). The minimum atomic E-state index is -0.164. The summed E-state index contributed by atoms with van der Waals surface area (Å²) in [6.45, 7) is 1.82. The molecule has 0 aliphatic rings. The van der Waals surface area contributed by atoms with Gasteiger partial charge in [-0.05, 0) is 23.8 Å². The number of nitrogens with zero attached hydrogens (tertiary/aromatic N) is 2. The summed E-state index contributed by atoms with van der Waals surface area (Å²) in [5.41, 5.74) is 9.17. The number of nitrogen functional groups attached to an aromatic ring is 1. The number of Topliss-reactive ketones (excluding diaryl/α,β-unsaturated/α-hetero) is 1. The summed E-state index contributed by atoms with van der Waals surface area (Å²) >= 11 is 0. The average molecular weight is 348 g/mol. The van der Waals surface area contributed by atoms with Crippen molar-refractivity contribution in [2.45, 2.75) is 19.8 Å². The Kier molecular flexibility index (Phi) is 4.67. The fourth-order valence-corrected chi connectivity index (χ4v) is 2.88. The lowest BCUT2D eigenvalue weighted by molar-refractivity contribution is 0.0988. The number of hydrogen-bond acceptors (Lipinski definition) is 4. The Morgan fingerprint density at radius 2 is 1.81 bits per heavy atom. The van der Waals surface area contributed by atoms with E-state index in [2.05, 4.69) is 4.98 Å². The van der Waals surface area contributed by atoms with Crippen LogP contribution in [0.3, 0.4) is 0 Å². The second kappa shape index (κ2) is 6.92. The van der Waals surface area contributed by atoms with E-state index in [1.54, 1.807) is 41.9 Å². The highest BCUT2D eigenvalue weighted by Crippen LogP contribution is 2.15. The van der Waals surface area contributed by atoms with E-state index in [1.807, 2.05) is 19.1 Å². The number of carbonyl (C=O) groups is 1. The quantitative estimate of drug-likeness (QED) is 0.420. The molecule has 1 aromatic heterocycles. The Hall–Kier alpha value is -3.28. The standard InChI is InChI=1S/C20H20N4O2/c1-3-18(25)14-8-9-17-15(11-14)23-16(20(26)24(17)2)10-12-4-6-13(7-5-12)19(21)22/h4-9,11H,3,10H2,1-2H3,(H3,21,22). The van der Waals surface area contributed by atoms with Crippen LogP contribution in [0.15, 0.2) is 47.3 Å². The molecule has 0 amide bonds. The summed E-state index contributed by atoms with van der Waals surface area (Å²) in [5, 5.41) is 7.43. The average Bonchev–Trinajstić information content (AvgIpc) is 2.65. The fraction of sp³-hybridized carbons (Fsp3) is 0.200. The second-order valence-corrected chi connectivity index (χ2v) is 6.19. The maximum Gasteiger partial charge on any atom is 0.272 e. The van der Waals surface area contributed by atoms with E-state index in [1.165, 1.54) is 0 Å². The molecule has 26 heavy (non-hydrogen) atoms. The van der Waals surface area contributed by atoms with Gasteiger partial charge in [-0.2, -0.15) is 0 Å². The first-order chi connectivity index (χ1) is 12.4. The van der Waals surface area contributed by atoms with E-state index < -0.39 is 0 Å². The number of amidine groups is 1. The van der Waals surface area contributed by atoms with Gasteiger partial charge >= 0.3 is 0 Å². The van der Waals surface area contributed by atoms with Crippen LogP contribution in [0.25, 0.3) is 11.0 Å². The Morgan fingerprint density at radius 3 is 2.42 bits per heavy atom. The van der Waals surface area contributed by atoms with Crippen LogP contribution in [0.5, 0.6) is 0 Å². The van der Waals surface area contributed by atoms with Gasteiger partial charge in [-0.1, -0.05) is 31.2 Å². The van der Waals surface area contributed by atoms with Crippen molar-refractivity contribution in [1.82, 2.24) is 9.55 Å². The molecule has 0 bridgehead atoms. The predicted molar refractivity (Wildman–Crippen MR) is 102 cm³/mol. The van der Waals surface area contributed by atoms with Crippen LogP contribution in [-0.4, -0.2) is 21.2 Å². The fourth-order valence-electron chi connectivity index (χ4n) is 2.88. The van der Waals surface area contributed by atoms with Crippen molar-refractivity contribution in [3.63, 3.8) is 0 Å². The van der Waals surface area contributed by atoms with E-state index in [9.17, 15) is 9.59 Å². The van der Waals surface area contributed by atoms with Crippen LogP contribution in [0.2, 0.25) is 0 Å². The van der Waals surface area contributed by atoms with Gasteiger partial charge < -0.3 is 10.3 Å². The molecule has 132 valence electrons. The van der Waals surface area contributed by atoms with Crippen molar-refractivity contribution in [2.75, 3.05) is 0 Å². The minimum Gasteiger partial charge on any atom is -0.384 e. The van der Waals surface area contributed by atoms with Crippen molar-refractivity contribution in [3.8, 4) is 0 Å². The van der Waals surface area contributed by atoms with Gasteiger partial charge in [-0.3, -0.25) is 15.0 Å². The van der Waals surface area contributed by atoms with Crippen LogP contribution >= 0.6 is 0 Å². The van der Waals surface area contributed by atoms with Gasteiger partial charge in [0.15, 0.2) is 5.78 Å². The number of nitrogens with two attached hydrogens (primary N) is 1. The molecule has 0 unspecified atom stereocenters. The second-order valence-electron chi connectivity index (χ2n) is 6.19. The van der Waals surface area contributed by atoms with Crippen LogP contribution in [0.1, 0.15) is 40.5 Å². The Labute approximate surface area is 150 Å². The minimum absolute atomic E-state index is 0.00409. The Bertz CT molecular complexity index is 1070. The topological polar surface area (TPSA) is 102 Å². The summed E-state index contributed by atoms with van der Waals surface area (Å²) in [5.74, 6) is 0.0494. The third kappa shape index (κ3) is 3.26. The van der Waals surface area contributed by atoms with Gasteiger partial charge in [0, 0.05) is 31.0 Å². The van der Waals surface area contributed by atoms with E-state index in [0.717, 1.165) is 5.56 Å². The summed E-state index contributed by atoms with van der Waals surface area (Å²) in [6.07, 6.45) is 0.791. The lowest BCUT2D eigenvalue weighted by Gasteiger charge is -2.09. The first kappa shape index (κ1) is 17.5. The van der Waals surface area contributed by atoms with Gasteiger partial charge in [-0.25, -0.2) is 4.98 Å². The van der Waals surface area contributed by atoms with Crippen LogP contribution in [-0.2, 0) is 13.5 Å². The highest BCUT2D eigenvalue weighted by Gasteiger charge is 2.12. The maximum atomic E-state index is 12.6. The van der Waals surface area contributed by atoms with Gasteiger partial charge in [0.05, 0.1) is 11.0 Å². The predicted octanol–water partition coefficient (Wildman–Crippen LogP) is 2.40. The Morgan fingerprint density at radius 1 is 1.15 bits per heavy atom. The molecule has 3 aromatic rings. The molecule has 0 radical (unpaired) electrons. The summed E-state index contributed by atoms with van der Waals surface area (Å²) < 4.78 is 1.56. The van der Waals surface area contributed by atoms with Gasteiger partial charge in [0.1, 0.15) is 11.5 Å². The third-order valence-corrected chi connectivity index (χ3v) is 4.42. The number of aryl methyl sites for hydroxylation is 1. The zero-order chi connectivity index (χ0) is 18.8. The molecule has 6 nitrogen and oxygen atoms in total. The van der Waals surface area contributed by atoms with Crippen molar-refractivity contribution in [3.05, 3.63) is 75.2 Å². The van der Waals surface area contributed by atoms with E-state index in [-0.39, 0.29) is 17.2 Å². The number of rotatable bonds is 5. The molecule has 6 heteroatoms. The van der Waals surface area contributed by atoms with Crippen molar-refractivity contribution >= 4 is 22.7 Å². The molecule has 0 saturated carbocycles. The molecular formula is C20H20N4O2. The van der Waals surface area contributed by atoms with Gasteiger partial charge in [-0.15, -0.1) is 0 Å².